The Morgan fingerprint density at radius 2 is 1.82 bits per heavy atom. The Labute approximate surface area is 165 Å². The summed E-state index contributed by atoms with van der Waals surface area (Å²) in [6.07, 6.45) is 2.66. The van der Waals surface area contributed by atoms with Gasteiger partial charge in [0.1, 0.15) is 12.4 Å². The van der Waals surface area contributed by atoms with E-state index in [0.29, 0.717) is 35.7 Å². The van der Waals surface area contributed by atoms with Gasteiger partial charge < -0.3 is 20.1 Å². The smallest absolute Gasteiger partial charge is 0.255 e. The van der Waals surface area contributed by atoms with E-state index in [-0.39, 0.29) is 17.9 Å². The maximum absolute atomic E-state index is 12.6. The lowest BCUT2D eigenvalue weighted by molar-refractivity contribution is -0.115. The van der Waals surface area contributed by atoms with Gasteiger partial charge >= 0.3 is 0 Å². The number of hydrogen-bond donors (Lipinski definition) is 2. The summed E-state index contributed by atoms with van der Waals surface area (Å²) in [5.41, 5.74) is 2.71. The molecule has 0 aromatic heterocycles. The molecule has 2 amide bonds. The number of hydrogen-bond acceptors (Lipinski definition) is 4. The van der Waals surface area contributed by atoms with Crippen LogP contribution in [-0.2, 0) is 9.53 Å². The van der Waals surface area contributed by atoms with Crippen molar-refractivity contribution in [1.29, 1.82) is 0 Å². The summed E-state index contributed by atoms with van der Waals surface area (Å²) in [6, 6.07) is 12.5. The SMILES string of the molecule is CCC(=O)Nc1cccc(NC(=O)c2ccc(OCC3CCCO3)cc2)c1C. The first-order valence-corrected chi connectivity index (χ1v) is 9.62. The molecule has 0 radical (unpaired) electrons. The van der Waals surface area contributed by atoms with E-state index >= 15 is 0 Å². The number of ether oxygens (including phenoxy) is 2. The van der Waals surface area contributed by atoms with E-state index < -0.39 is 0 Å². The average molecular weight is 382 g/mol. The number of carbonyl (C=O) groups excluding carboxylic acids is 2. The average Bonchev–Trinajstić information content (AvgIpc) is 3.23. The van der Waals surface area contributed by atoms with Crippen LogP contribution in [-0.4, -0.2) is 31.1 Å². The van der Waals surface area contributed by atoms with Crippen molar-refractivity contribution in [2.24, 2.45) is 0 Å². The fraction of sp³-hybridized carbons (Fsp3) is 0.364. The molecule has 0 aliphatic carbocycles. The van der Waals surface area contributed by atoms with E-state index in [1.165, 1.54) is 0 Å². The summed E-state index contributed by atoms with van der Waals surface area (Å²) in [5, 5.41) is 5.74. The van der Waals surface area contributed by atoms with Crippen LogP contribution < -0.4 is 15.4 Å². The van der Waals surface area contributed by atoms with E-state index in [2.05, 4.69) is 10.6 Å². The summed E-state index contributed by atoms with van der Waals surface area (Å²) in [7, 11) is 0. The molecule has 6 heteroatoms. The number of carbonyl (C=O) groups is 2. The van der Waals surface area contributed by atoms with E-state index in [0.717, 1.165) is 25.0 Å². The molecule has 2 aromatic rings. The van der Waals surface area contributed by atoms with Gasteiger partial charge in [0, 0.05) is 30.0 Å². The zero-order chi connectivity index (χ0) is 19.9. The predicted molar refractivity (Wildman–Crippen MR) is 109 cm³/mol. The van der Waals surface area contributed by atoms with Crippen LogP contribution in [0.25, 0.3) is 0 Å². The molecule has 148 valence electrons. The molecule has 1 heterocycles. The van der Waals surface area contributed by atoms with Gasteiger partial charge in [0.15, 0.2) is 0 Å². The molecule has 2 N–H and O–H groups in total. The van der Waals surface area contributed by atoms with Crippen LogP contribution in [0.5, 0.6) is 5.75 Å². The number of benzene rings is 2. The molecular formula is C22H26N2O4. The molecule has 6 nitrogen and oxygen atoms in total. The highest BCUT2D eigenvalue weighted by atomic mass is 16.5. The lowest BCUT2D eigenvalue weighted by Gasteiger charge is -2.14. The Morgan fingerprint density at radius 3 is 2.46 bits per heavy atom. The quantitative estimate of drug-likeness (QED) is 0.754. The largest absolute Gasteiger partial charge is 0.491 e. The lowest BCUT2D eigenvalue weighted by Crippen LogP contribution is -2.16. The van der Waals surface area contributed by atoms with Crippen LogP contribution in [0.1, 0.15) is 42.1 Å². The third-order valence-corrected chi connectivity index (χ3v) is 4.75. The van der Waals surface area contributed by atoms with Gasteiger partial charge in [0.25, 0.3) is 5.91 Å². The minimum absolute atomic E-state index is 0.0647. The van der Waals surface area contributed by atoms with E-state index in [1.807, 2.05) is 19.1 Å². The fourth-order valence-electron chi connectivity index (χ4n) is 3.01. The van der Waals surface area contributed by atoms with Crippen molar-refractivity contribution in [3.63, 3.8) is 0 Å². The predicted octanol–water partition coefficient (Wildman–Crippen LogP) is 4.15. The third-order valence-electron chi connectivity index (χ3n) is 4.75. The fourth-order valence-corrected chi connectivity index (χ4v) is 3.01. The second kappa shape index (κ2) is 9.37. The summed E-state index contributed by atoms with van der Waals surface area (Å²) >= 11 is 0. The highest BCUT2D eigenvalue weighted by molar-refractivity contribution is 6.05. The monoisotopic (exact) mass is 382 g/mol. The highest BCUT2D eigenvalue weighted by Crippen LogP contribution is 2.24. The van der Waals surface area contributed by atoms with E-state index in [1.54, 1.807) is 37.3 Å². The second-order valence-corrected chi connectivity index (χ2v) is 6.80. The molecule has 3 rings (SSSR count). The molecule has 0 spiro atoms. The number of amides is 2. The normalized spacial score (nSPS) is 15.9. The summed E-state index contributed by atoms with van der Waals surface area (Å²) in [6.45, 7) is 4.99. The van der Waals surface area contributed by atoms with Crippen molar-refractivity contribution in [3.05, 3.63) is 53.6 Å². The molecule has 1 aliphatic rings. The zero-order valence-electron chi connectivity index (χ0n) is 16.3. The maximum atomic E-state index is 12.6. The van der Waals surface area contributed by atoms with E-state index in [9.17, 15) is 9.59 Å². The van der Waals surface area contributed by atoms with Crippen LogP contribution in [0.15, 0.2) is 42.5 Å². The minimum atomic E-state index is -0.215. The Morgan fingerprint density at radius 1 is 1.11 bits per heavy atom. The van der Waals surface area contributed by atoms with Gasteiger partial charge in [-0.1, -0.05) is 13.0 Å². The van der Waals surface area contributed by atoms with Gasteiger partial charge in [-0.15, -0.1) is 0 Å². The summed E-state index contributed by atoms with van der Waals surface area (Å²) in [5.74, 6) is 0.436. The van der Waals surface area contributed by atoms with Crippen molar-refractivity contribution in [2.45, 2.75) is 39.2 Å². The molecule has 1 unspecified atom stereocenters. The van der Waals surface area contributed by atoms with Crippen LogP contribution in [0, 0.1) is 6.92 Å². The number of anilines is 2. The van der Waals surface area contributed by atoms with Gasteiger partial charge in [0.05, 0.1) is 6.10 Å². The van der Waals surface area contributed by atoms with Crippen molar-refractivity contribution >= 4 is 23.2 Å². The molecule has 1 saturated heterocycles. The summed E-state index contributed by atoms with van der Waals surface area (Å²) in [4.78, 5) is 24.2. The Hall–Kier alpha value is -2.86. The Bertz CT molecular complexity index is 827. The van der Waals surface area contributed by atoms with Crippen LogP contribution >= 0.6 is 0 Å². The van der Waals surface area contributed by atoms with Gasteiger partial charge in [-0.05, 0) is 61.7 Å². The molecule has 1 fully saturated rings. The highest BCUT2D eigenvalue weighted by Gasteiger charge is 2.16. The van der Waals surface area contributed by atoms with Crippen LogP contribution in [0.2, 0.25) is 0 Å². The first kappa shape index (κ1) is 19.9. The first-order chi connectivity index (χ1) is 13.6. The number of nitrogens with one attached hydrogen (secondary N) is 2. The molecule has 2 aromatic carbocycles. The number of rotatable bonds is 7. The van der Waals surface area contributed by atoms with Crippen molar-refractivity contribution in [1.82, 2.24) is 0 Å². The topological polar surface area (TPSA) is 76.7 Å². The molecule has 1 atom stereocenters. The molecule has 28 heavy (non-hydrogen) atoms. The van der Waals surface area contributed by atoms with E-state index in [4.69, 9.17) is 9.47 Å². The van der Waals surface area contributed by atoms with Crippen LogP contribution in [0.3, 0.4) is 0 Å². The van der Waals surface area contributed by atoms with Crippen molar-refractivity contribution in [3.8, 4) is 5.75 Å². The summed E-state index contributed by atoms with van der Waals surface area (Å²) < 4.78 is 11.3. The Balaban J connectivity index is 1.61. The Kier molecular flexibility index (Phi) is 6.66. The van der Waals surface area contributed by atoms with Gasteiger partial charge in [-0.25, -0.2) is 0 Å². The van der Waals surface area contributed by atoms with Gasteiger partial charge in [-0.2, -0.15) is 0 Å². The molecular weight excluding hydrogens is 356 g/mol. The van der Waals surface area contributed by atoms with Crippen LogP contribution in [0.4, 0.5) is 11.4 Å². The first-order valence-electron chi connectivity index (χ1n) is 9.62. The zero-order valence-corrected chi connectivity index (χ0v) is 16.3. The maximum Gasteiger partial charge on any atom is 0.255 e. The van der Waals surface area contributed by atoms with Crippen molar-refractivity contribution in [2.75, 3.05) is 23.8 Å². The minimum Gasteiger partial charge on any atom is -0.491 e. The standard InChI is InChI=1S/C22H26N2O4/c1-3-21(25)23-19-7-4-8-20(15(19)2)24-22(26)16-9-11-17(12-10-16)28-14-18-6-5-13-27-18/h4,7-12,18H,3,5-6,13-14H2,1-2H3,(H,23,25)(H,24,26). The molecule has 0 bridgehead atoms. The van der Waals surface area contributed by atoms with Crippen molar-refractivity contribution < 1.29 is 19.1 Å². The van der Waals surface area contributed by atoms with Gasteiger partial charge in [0.2, 0.25) is 5.91 Å². The van der Waals surface area contributed by atoms with Gasteiger partial charge in [-0.3, -0.25) is 9.59 Å². The third kappa shape index (κ3) is 5.10. The lowest BCUT2D eigenvalue weighted by atomic mass is 10.1. The molecule has 0 saturated carbocycles. The second-order valence-electron chi connectivity index (χ2n) is 6.80. The molecule has 1 aliphatic heterocycles.